The van der Waals surface area contributed by atoms with Crippen molar-refractivity contribution in [3.8, 4) is 0 Å². The van der Waals surface area contributed by atoms with Crippen LogP contribution in [0.15, 0.2) is 4.47 Å². The van der Waals surface area contributed by atoms with Gasteiger partial charge in [0.1, 0.15) is 0 Å². The molecule has 0 fully saturated rings. The Hall–Kier alpha value is 0.130. The molecule has 0 saturated carbocycles. The Kier molecular flexibility index (Phi) is 6.17. The van der Waals surface area contributed by atoms with E-state index < -0.39 is 0 Å². The molecular weight excluding hydrogens is 346 g/mol. The molecule has 0 saturated heterocycles. The van der Waals surface area contributed by atoms with Gasteiger partial charge in [0.25, 0.3) is 0 Å². The number of hydrogen-bond donors (Lipinski definition) is 1. The zero-order valence-corrected chi connectivity index (χ0v) is 14.1. The summed E-state index contributed by atoms with van der Waals surface area (Å²) >= 11 is 7.19. The van der Waals surface area contributed by atoms with Crippen LogP contribution in [-0.4, -0.2) is 21.2 Å². The topological polar surface area (TPSA) is 29.9 Å². The zero-order valence-electron chi connectivity index (χ0n) is 10.9. The summed E-state index contributed by atoms with van der Waals surface area (Å²) in [4.78, 5) is 0. The van der Waals surface area contributed by atoms with E-state index in [0.717, 1.165) is 28.5 Å². The molecule has 1 unspecified atom stereocenters. The second kappa shape index (κ2) is 6.90. The summed E-state index contributed by atoms with van der Waals surface area (Å²) in [6, 6.07) is 0.488. The van der Waals surface area contributed by atoms with Crippen molar-refractivity contribution in [3.63, 3.8) is 0 Å². The van der Waals surface area contributed by atoms with Crippen LogP contribution in [0.25, 0.3) is 0 Å². The van der Waals surface area contributed by atoms with Gasteiger partial charge in [-0.3, -0.25) is 4.68 Å². The zero-order chi connectivity index (χ0) is 13.0. The third kappa shape index (κ3) is 3.80. The third-order valence-corrected chi connectivity index (χ3v) is 4.62. The largest absolute Gasteiger partial charge is 0.307 e. The molecule has 1 aromatic rings. The Bertz CT molecular complexity index is 361. The van der Waals surface area contributed by atoms with Crippen molar-refractivity contribution in [1.82, 2.24) is 15.1 Å². The van der Waals surface area contributed by atoms with E-state index in [9.17, 15) is 0 Å². The molecule has 5 heteroatoms. The van der Waals surface area contributed by atoms with Crippen LogP contribution < -0.4 is 5.32 Å². The number of rotatable bonds is 6. The standard InChI is InChI=1S/C12H21Br2N3/c1-5-9-12(14)11(17(4)16-9)7-15-10(6-13)8(2)3/h8,10,15H,5-7H2,1-4H3. The predicted octanol–water partition coefficient (Wildman–Crippen LogP) is 3.25. The molecule has 1 atom stereocenters. The first-order chi connectivity index (χ1) is 8.01. The highest BCUT2D eigenvalue weighted by Crippen LogP contribution is 2.21. The molecule has 1 N–H and O–H groups in total. The van der Waals surface area contributed by atoms with E-state index in [1.54, 1.807) is 0 Å². The lowest BCUT2D eigenvalue weighted by Gasteiger charge is -2.20. The first kappa shape index (κ1) is 15.2. The summed E-state index contributed by atoms with van der Waals surface area (Å²) in [6.07, 6.45) is 0.959. The SMILES string of the molecule is CCc1nn(C)c(CNC(CBr)C(C)C)c1Br. The fraction of sp³-hybridized carbons (Fsp3) is 0.750. The fourth-order valence-electron chi connectivity index (χ4n) is 1.71. The van der Waals surface area contributed by atoms with E-state index in [2.05, 4.69) is 63.0 Å². The van der Waals surface area contributed by atoms with Crippen LogP contribution in [0.3, 0.4) is 0 Å². The molecule has 0 amide bonds. The summed E-state index contributed by atoms with van der Waals surface area (Å²) in [7, 11) is 2.00. The average Bonchev–Trinajstić information content (AvgIpc) is 2.56. The van der Waals surface area contributed by atoms with Crippen LogP contribution in [0.4, 0.5) is 0 Å². The lowest BCUT2D eigenvalue weighted by molar-refractivity contribution is 0.426. The molecule has 1 rings (SSSR count). The summed E-state index contributed by atoms with van der Waals surface area (Å²) in [5, 5.41) is 9.03. The maximum absolute atomic E-state index is 4.50. The summed E-state index contributed by atoms with van der Waals surface area (Å²) in [5.74, 6) is 0.618. The number of hydrogen-bond acceptors (Lipinski definition) is 2. The second-order valence-corrected chi connectivity index (χ2v) is 6.01. The number of aryl methyl sites for hydroxylation is 2. The Morgan fingerprint density at radius 3 is 2.47 bits per heavy atom. The van der Waals surface area contributed by atoms with Gasteiger partial charge in [0.2, 0.25) is 0 Å². The Balaban J connectivity index is 2.72. The van der Waals surface area contributed by atoms with Gasteiger partial charge in [0, 0.05) is 25.0 Å². The minimum atomic E-state index is 0.488. The maximum atomic E-state index is 4.50. The number of nitrogens with zero attached hydrogens (tertiary/aromatic N) is 2. The van der Waals surface area contributed by atoms with Crippen molar-refractivity contribution in [2.75, 3.05) is 5.33 Å². The molecule has 0 radical (unpaired) electrons. The van der Waals surface area contributed by atoms with Gasteiger partial charge < -0.3 is 5.32 Å². The van der Waals surface area contributed by atoms with Gasteiger partial charge in [-0.15, -0.1) is 0 Å². The second-order valence-electron chi connectivity index (χ2n) is 4.57. The molecular formula is C12H21Br2N3. The monoisotopic (exact) mass is 365 g/mol. The van der Waals surface area contributed by atoms with Crippen molar-refractivity contribution in [2.45, 2.75) is 39.8 Å². The molecule has 0 aromatic carbocycles. The van der Waals surface area contributed by atoms with Crippen LogP contribution in [0.2, 0.25) is 0 Å². The molecule has 0 aliphatic heterocycles. The maximum Gasteiger partial charge on any atom is 0.0767 e. The van der Waals surface area contributed by atoms with Gasteiger partial charge in [0.05, 0.1) is 15.9 Å². The molecule has 1 aromatic heterocycles. The van der Waals surface area contributed by atoms with E-state index in [1.165, 1.54) is 5.69 Å². The molecule has 17 heavy (non-hydrogen) atoms. The Labute approximate surface area is 121 Å². The van der Waals surface area contributed by atoms with Gasteiger partial charge in [-0.1, -0.05) is 36.7 Å². The van der Waals surface area contributed by atoms with Crippen LogP contribution in [0.5, 0.6) is 0 Å². The van der Waals surface area contributed by atoms with Crippen LogP contribution >= 0.6 is 31.9 Å². The number of nitrogens with one attached hydrogen (secondary N) is 1. The molecule has 0 aliphatic carbocycles. The lowest BCUT2D eigenvalue weighted by atomic mass is 10.1. The van der Waals surface area contributed by atoms with E-state index in [-0.39, 0.29) is 0 Å². The smallest absolute Gasteiger partial charge is 0.0767 e. The van der Waals surface area contributed by atoms with Crippen molar-refractivity contribution < 1.29 is 0 Å². The van der Waals surface area contributed by atoms with E-state index in [0.29, 0.717) is 12.0 Å². The van der Waals surface area contributed by atoms with E-state index >= 15 is 0 Å². The van der Waals surface area contributed by atoms with Crippen LogP contribution in [0, 0.1) is 5.92 Å². The van der Waals surface area contributed by atoms with E-state index in [4.69, 9.17) is 0 Å². The molecule has 1 heterocycles. The molecule has 0 bridgehead atoms. The number of alkyl halides is 1. The first-order valence-electron chi connectivity index (χ1n) is 6.00. The minimum absolute atomic E-state index is 0.488. The minimum Gasteiger partial charge on any atom is -0.307 e. The van der Waals surface area contributed by atoms with Crippen molar-refractivity contribution in [3.05, 3.63) is 15.9 Å². The van der Waals surface area contributed by atoms with Gasteiger partial charge in [-0.2, -0.15) is 5.10 Å². The third-order valence-electron chi connectivity index (χ3n) is 3.01. The quantitative estimate of drug-likeness (QED) is 0.783. The molecule has 0 aliphatic rings. The highest BCUT2D eigenvalue weighted by Gasteiger charge is 2.15. The van der Waals surface area contributed by atoms with Gasteiger partial charge in [0.15, 0.2) is 0 Å². The van der Waals surface area contributed by atoms with Crippen molar-refractivity contribution in [2.24, 2.45) is 13.0 Å². The predicted molar refractivity (Wildman–Crippen MR) is 79.5 cm³/mol. The van der Waals surface area contributed by atoms with Gasteiger partial charge in [-0.05, 0) is 28.3 Å². The summed E-state index contributed by atoms with van der Waals surface area (Å²) < 4.78 is 3.11. The Morgan fingerprint density at radius 2 is 2.06 bits per heavy atom. The highest BCUT2D eigenvalue weighted by molar-refractivity contribution is 9.10. The van der Waals surface area contributed by atoms with Gasteiger partial charge in [-0.25, -0.2) is 0 Å². The van der Waals surface area contributed by atoms with Crippen LogP contribution in [0.1, 0.15) is 32.2 Å². The first-order valence-corrected chi connectivity index (χ1v) is 7.92. The van der Waals surface area contributed by atoms with Crippen molar-refractivity contribution >= 4 is 31.9 Å². The highest BCUT2D eigenvalue weighted by atomic mass is 79.9. The molecule has 98 valence electrons. The van der Waals surface area contributed by atoms with Gasteiger partial charge >= 0.3 is 0 Å². The number of aromatic nitrogens is 2. The average molecular weight is 367 g/mol. The molecule has 0 spiro atoms. The van der Waals surface area contributed by atoms with E-state index in [1.807, 2.05) is 11.7 Å². The fourth-order valence-corrected chi connectivity index (χ4v) is 3.44. The number of halogens is 2. The lowest BCUT2D eigenvalue weighted by Crippen LogP contribution is -2.35. The van der Waals surface area contributed by atoms with Crippen molar-refractivity contribution in [1.29, 1.82) is 0 Å². The summed E-state index contributed by atoms with van der Waals surface area (Å²) in [6.45, 7) is 7.43. The Morgan fingerprint density at radius 1 is 1.41 bits per heavy atom. The summed E-state index contributed by atoms with van der Waals surface area (Å²) in [5.41, 5.74) is 2.35. The molecule has 3 nitrogen and oxygen atoms in total. The normalized spacial score (nSPS) is 13.4. The van der Waals surface area contributed by atoms with Crippen LogP contribution in [-0.2, 0) is 20.0 Å².